The van der Waals surface area contributed by atoms with E-state index < -0.39 is 0 Å². The van der Waals surface area contributed by atoms with Crippen LogP contribution >= 0.6 is 0 Å². The molecule has 0 spiro atoms. The molecule has 1 N–H and O–H groups in total. The van der Waals surface area contributed by atoms with Crippen LogP contribution in [0.5, 0.6) is 11.5 Å². The zero-order valence-electron chi connectivity index (χ0n) is 11.8. The van der Waals surface area contributed by atoms with Gasteiger partial charge in [0.2, 0.25) is 5.56 Å². The SMILES string of the molecule is COc1ccc(-c2cc(=O)[nH]c3ccc(OC)cc23)cc1. The van der Waals surface area contributed by atoms with Gasteiger partial charge in [-0.25, -0.2) is 0 Å². The van der Waals surface area contributed by atoms with E-state index >= 15 is 0 Å². The molecule has 4 nitrogen and oxygen atoms in total. The monoisotopic (exact) mass is 281 g/mol. The molecule has 0 saturated carbocycles. The summed E-state index contributed by atoms with van der Waals surface area (Å²) in [5.41, 5.74) is 2.49. The van der Waals surface area contributed by atoms with Crippen LogP contribution < -0.4 is 15.0 Å². The Bertz CT molecular complexity index is 835. The zero-order valence-corrected chi connectivity index (χ0v) is 11.8. The van der Waals surface area contributed by atoms with Crippen molar-refractivity contribution < 1.29 is 9.47 Å². The molecule has 0 bridgehead atoms. The van der Waals surface area contributed by atoms with E-state index in [-0.39, 0.29) is 5.56 Å². The van der Waals surface area contributed by atoms with Gasteiger partial charge in [0.1, 0.15) is 11.5 Å². The van der Waals surface area contributed by atoms with Gasteiger partial charge in [0, 0.05) is 17.0 Å². The number of aromatic nitrogens is 1. The molecule has 1 heterocycles. The molecule has 0 aliphatic carbocycles. The summed E-state index contributed by atoms with van der Waals surface area (Å²) in [7, 11) is 3.25. The molecule has 21 heavy (non-hydrogen) atoms. The van der Waals surface area contributed by atoms with Crippen molar-refractivity contribution in [2.75, 3.05) is 14.2 Å². The van der Waals surface area contributed by atoms with E-state index in [2.05, 4.69) is 4.98 Å². The maximum atomic E-state index is 11.8. The van der Waals surface area contributed by atoms with Crippen molar-refractivity contribution in [1.29, 1.82) is 0 Å². The maximum absolute atomic E-state index is 11.8. The number of rotatable bonds is 3. The highest BCUT2D eigenvalue weighted by molar-refractivity contribution is 5.95. The summed E-state index contributed by atoms with van der Waals surface area (Å²) in [6, 6.07) is 14.8. The Labute approximate surface area is 122 Å². The number of fused-ring (bicyclic) bond motifs is 1. The van der Waals surface area contributed by atoms with Crippen LogP contribution in [0.25, 0.3) is 22.0 Å². The molecule has 2 aromatic carbocycles. The van der Waals surface area contributed by atoms with Crippen molar-refractivity contribution >= 4 is 10.9 Å². The van der Waals surface area contributed by atoms with E-state index in [1.165, 1.54) is 0 Å². The summed E-state index contributed by atoms with van der Waals surface area (Å²) < 4.78 is 10.4. The van der Waals surface area contributed by atoms with Crippen LogP contribution in [0.15, 0.2) is 53.3 Å². The lowest BCUT2D eigenvalue weighted by molar-refractivity contribution is 0.415. The van der Waals surface area contributed by atoms with Gasteiger partial charge in [-0.05, 0) is 41.5 Å². The number of aromatic amines is 1. The highest BCUT2D eigenvalue weighted by Gasteiger charge is 2.07. The van der Waals surface area contributed by atoms with E-state index in [0.29, 0.717) is 0 Å². The van der Waals surface area contributed by atoms with E-state index in [0.717, 1.165) is 33.5 Å². The molecule has 0 amide bonds. The van der Waals surface area contributed by atoms with Crippen LogP contribution in [0, 0.1) is 0 Å². The molecule has 4 heteroatoms. The summed E-state index contributed by atoms with van der Waals surface area (Å²) in [6.07, 6.45) is 0. The largest absolute Gasteiger partial charge is 0.497 e. The molecule has 1 aromatic heterocycles. The zero-order chi connectivity index (χ0) is 14.8. The number of H-pyrrole nitrogens is 1. The average molecular weight is 281 g/mol. The lowest BCUT2D eigenvalue weighted by Crippen LogP contribution is -2.04. The Morgan fingerprint density at radius 1 is 0.857 bits per heavy atom. The minimum absolute atomic E-state index is 0.126. The summed E-state index contributed by atoms with van der Waals surface area (Å²) in [5.74, 6) is 1.54. The van der Waals surface area contributed by atoms with Crippen molar-refractivity contribution in [2.45, 2.75) is 0 Å². The Hall–Kier alpha value is -2.75. The number of hydrogen-bond acceptors (Lipinski definition) is 3. The summed E-state index contributed by atoms with van der Waals surface area (Å²) in [6.45, 7) is 0. The molecule has 0 aliphatic heterocycles. The number of methoxy groups -OCH3 is 2. The molecule has 0 saturated heterocycles. The average Bonchev–Trinajstić information content (AvgIpc) is 2.53. The standard InChI is InChI=1S/C17H15NO3/c1-20-12-5-3-11(4-6-12)14-10-17(19)18-16-8-7-13(21-2)9-15(14)16/h3-10H,1-2H3,(H,18,19). The normalized spacial score (nSPS) is 10.6. The molecule has 0 aliphatic rings. The fraction of sp³-hybridized carbons (Fsp3) is 0.118. The lowest BCUT2D eigenvalue weighted by Gasteiger charge is -2.09. The van der Waals surface area contributed by atoms with Gasteiger partial charge in [-0.3, -0.25) is 4.79 Å². The highest BCUT2D eigenvalue weighted by atomic mass is 16.5. The van der Waals surface area contributed by atoms with Crippen molar-refractivity contribution in [3.63, 3.8) is 0 Å². The lowest BCUT2D eigenvalue weighted by atomic mass is 10.0. The van der Waals surface area contributed by atoms with Gasteiger partial charge < -0.3 is 14.5 Å². The number of ether oxygens (including phenoxy) is 2. The second-order valence-corrected chi connectivity index (χ2v) is 4.69. The van der Waals surface area contributed by atoms with Gasteiger partial charge in [-0.1, -0.05) is 12.1 Å². The third-order valence-corrected chi connectivity index (χ3v) is 3.45. The van der Waals surface area contributed by atoms with Crippen LogP contribution in [0.1, 0.15) is 0 Å². The number of benzene rings is 2. The summed E-state index contributed by atoms with van der Waals surface area (Å²) >= 11 is 0. The van der Waals surface area contributed by atoms with Gasteiger partial charge in [0.15, 0.2) is 0 Å². The van der Waals surface area contributed by atoms with Crippen molar-refractivity contribution in [3.05, 3.63) is 58.9 Å². The number of pyridine rings is 1. The first-order chi connectivity index (χ1) is 10.2. The molecule has 0 unspecified atom stereocenters. The summed E-state index contributed by atoms with van der Waals surface area (Å²) in [4.78, 5) is 14.7. The molecular formula is C17H15NO3. The first-order valence-corrected chi connectivity index (χ1v) is 6.57. The molecule has 3 rings (SSSR count). The van der Waals surface area contributed by atoms with Crippen LogP contribution in [0.2, 0.25) is 0 Å². The second-order valence-electron chi connectivity index (χ2n) is 4.69. The van der Waals surface area contributed by atoms with Crippen molar-refractivity contribution in [1.82, 2.24) is 4.98 Å². The topological polar surface area (TPSA) is 51.3 Å². The molecule has 106 valence electrons. The molecule has 0 fully saturated rings. The van der Waals surface area contributed by atoms with Gasteiger partial charge in [0.05, 0.1) is 14.2 Å². The van der Waals surface area contributed by atoms with Gasteiger partial charge in [-0.15, -0.1) is 0 Å². The first kappa shape index (κ1) is 13.2. The number of hydrogen-bond donors (Lipinski definition) is 1. The quantitative estimate of drug-likeness (QED) is 0.802. The molecule has 3 aromatic rings. The fourth-order valence-corrected chi connectivity index (χ4v) is 2.37. The van der Waals surface area contributed by atoms with Gasteiger partial charge in [0.25, 0.3) is 0 Å². The highest BCUT2D eigenvalue weighted by Crippen LogP contribution is 2.30. The minimum atomic E-state index is -0.126. The van der Waals surface area contributed by atoms with Crippen LogP contribution in [-0.2, 0) is 0 Å². The van der Waals surface area contributed by atoms with Gasteiger partial charge in [-0.2, -0.15) is 0 Å². The second kappa shape index (κ2) is 5.32. The van der Waals surface area contributed by atoms with Crippen LogP contribution in [-0.4, -0.2) is 19.2 Å². The first-order valence-electron chi connectivity index (χ1n) is 6.57. The Morgan fingerprint density at radius 2 is 1.52 bits per heavy atom. The fourth-order valence-electron chi connectivity index (χ4n) is 2.37. The Morgan fingerprint density at radius 3 is 2.19 bits per heavy atom. The Balaban J connectivity index is 2.26. The van der Waals surface area contributed by atoms with E-state index in [9.17, 15) is 4.79 Å². The third-order valence-electron chi connectivity index (χ3n) is 3.45. The molecule has 0 radical (unpaired) electrons. The van der Waals surface area contributed by atoms with E-state index in [4.69, 9.17) is 9.47 Å². The predicted molar refractivity (Wildman–Crippen MR) is 83.1 cm³/mol. The van der Waals surface area contributed by atoms with E-state index in [1.54, 1.807) is 20.3 Å². The summed E-state index contributed by atoms with van der Waals surface area (Å²) in [5, 5.41) is 0.944. The van der Waals surface area contributed by atoms with E-state index in [1.807, 2.05) is 42.5 Å². The number of nitrogens with one attached hydrogen (secondary N) is 1. The third kappa shape index (κ3) is 2.48. The van der Waals surface area contributed by atoms with Crippen LogP contribution in [0.3, 0.4) is 0 Å². The Kier molecular flexibility index (Phi) is 3.36. The molecular weight excluding hydrogens is 266 g/mol. The predicted octanol–water partition coefficient (Wildman–Crippen LogP) is 3.21. The van der Waals surface area contributed by atoms with Crippen LogP contribution in [0.4, 0.5) is 0 Å². The molecule has 0 atom stereocenters. The maximum Gasteiger partial charge on any atom is 0.249 e. The van der Waals surface area contributed by atoms with Crippen molar-refractivity contribution in [3.8, 4) is 22.6 Å². The minimum Gasteiger partial charge on any atom is -0.497 e. The van der Waals surface area contributed by atoms with Crippen molar-refractivity contribution in [2.24, 2.45) is 0 Å². The smallest absolute Gasteiger partial charge is 0.249 e. The van der Waals surface area contributed by atoms with Gasteiger partial charge >= 0.3 is 0 Å².